The molecule has 6 heteroatoms. The minimum Gasteiger partial charge on any atom is -0.368 e. The van der Waals surface area contributed by atoms with Crippen molar-refractivity contribution in [1.29, 1.82) is 0 Å². The van der Waals surface area contributed by atoms with Crippen molar-refractivity contribution in [2.45, 2.75) is 110 Å². The molecule has 0 saturated heterocycles. The van der Waals surface area contributed by atoms with Gasteiger partial charge in [0.05, 0.1) is 19.8 Å². The van der Waals surface area contributed by atoms with E-state index in [1.165, 1.54) is 64.2 Å². The van der Waals surface area contributed by atoms with E-state index in [0.29, 0.717) is 25.9 Å². The molecule has 0 N–H and O–H groups in total. The van der Waals surface area contributed by atoms with Gasteiger partial charge in [0.25, 0.3) is 0 Å². The lowest BCUT2D eigenvalue weighted by Crippen LogP contribution is -2.60. The van der Waals surface area contributed by atoms with Crippen LogP contribution in [0.2, 0.25) is 6.04 Å². The number of rotatable bonds is 20. The van der Waals surface area contributed by atoms with Crippen LogP contribution in [-0.4, -0.2) is 77.5 Å². The van der Waals surface area contributed by atoms with Gasteiger partial charge in [-0.3, -0.25) is 4.58 Å². The molecule has 0 aliphatic carbocycles. The van der Waals surface area contributed by atoms with Crippen LogP contribution in [0.25, 0.3) is 0 Å². The van der Waals surface area contributed by atoms with Gasteiger partial charge >= 0.3 is 5.91 Å². The number of unbranched alkanes of at least 4 members (excludes halogenated alkanes) is 9. The van der Waals surface area contributed by atoms with Crippen molar-refractivity contribution in [3.05, 3.63) is 0 Å². The Morgan fingerprint density at radius 2 is 1.43 bits per heavy atom. The predicted molar refractivity (Wildman–Crippen MR) is 127 cm³/mol. The Balaban J connectivity index is 2.47. The van der Waals surface area contributed by atoms with Crippen LogP contribution in [-0.2, 0) is 14.2 Å². The summed E-state index contributed by atoms with van der Waals surface area (Å²) in [6.45, 7) is 13.1. The average molecular weight is 441 g/mol. The molecule has 1 rings (SSSR count). The maximum atomic E-state index is 6.20. The predicted octanol–water partition coefficient (Wildman–Crippen LogP) is 4.98. The van der Waals surface area contributed by atoms with Gasteiger partial charge in [-0.25, -0.2) is 4.90 Å². The zero-order chi connectivity index (χ0) is 22.1. The summed E-state index contributed by atoms with van der Waals surface area (Å²) in [4.78, 5) is 2.21. The van der Waals surface area contributed by atoms with Crippen molar-refractivity contribution in [2.24, 2.45) is 0 Å². The molecule has 0 aromatic heterocycles. The molecule has 175 valence electrons. The summed E-state index contributed by atoms with van der Waals surface area (Å²) in [5.41, 5.74) is 0. The van der Waals surface area contributed by atoms with Gasteiger partial charge in [0.2, 0.25) is 6.34 Å². The van der Waals surface area contributed by atoms with E-state index < -0.39 is 5.91 Å². The van der Waals surface area contributed by atoms with Crippen molar-refractivity contribution in [3.8, 4) is 0 Å². The van der Waals surface area contributed by atoms with Crippen molar-refractivity contribution >= 4 is 16.6 Å². The van der Waals surface area contributed by atoms with E-state index in [1.807, 2.05) is 20.8 Å². The van der Waals surface area contributed by atoms with Crippen LogP contribution in [0, 0.1) is 0 Å². The van der Waals surface area contributed by atoms with E-state index in [4.69, 9.17) is 14.2 Å². The average Bonchev–Trinajstić information content (AvgIpc) is 3.22. The fourth-order valence-electron chi connectivity index (χ4n) is 4.24. The molecular formula is C24H48N2O3Si+. The van der Waals surface area contributed by atoms with Crippen LogP contribution in [0.4, 0.5) is 0 Å². The molecule has 30 heavy (non-hydrogen) atoms. The highest BCUT2D eigenvalue weighted by molar-refractivity contribution is 6.08. The van der Waals surface area contributed by atoms with Crippen LogP contribution >= 0.6 is 0 Å². The second-order valence-electron chi connectivity index (χ2n) is 8.17. The monoisotopic (exact) mass is 440 g/mol. The Labute approximate surface area is 190 Å². The van der Waals surface area contributed by atoms with Crippen molar-refractivity contribution in [2.75, 3.05) is 39.5 Å². The topological polar surface area (TPSA) is 33.9 Å². The van der Waals surface area contributed by atoms with E-state index >= 15 is 0 Å². The Kier molecular flexibility index (Phi) is 15.8. The molecule has 3 radical (unpaired) electrons. The Morgan fingerprint density at radius 3 is 1.93 bits per heavy atom. The van der Waals surface area contributed by atoms with E-state index in [9.17, 15) is 0 Å². The number of hydrogen-bond donors (Lipinski definition) is 0. The van der Waals surface area contributed by atoms with Gasteiger partial charge in [0.15, 0.2) is 6.10 Å². The lowest BCUT2D eigenvalue weighted by Gasteiger charge is -2.39. The second kappa shape index (κ2) is 17.2. The molecule has 1 aliphatic rings. The highest BCUT2D eigenvalue weighted by Gasteiger charge is 2.52. The third kappa shape index (κ3) is 9.37. The molecule has 1 atom stereocenters. The highest BCUT2D eigenvalue weighted by Crippen LogP contribution is 2.28. The highest BCUT2D eigenvalue weighted by atomic mass is 28.1. The van der Waals surface area contributed by atoms with E-state index in [-0.39, 0.29) is 6.10 Å². The molecule has 1 aliphatic heterocycles. The van der Waals surface area contributed by atoms with Crippen molar-refractivity contribution in [1.82, 2.24) is 4.90 Å². The Morgan fingerprint density at radius 1 is 0.867 bits per heavy atom. The molecule has 0 fully saturated rings. The summed E-state index contributed by atoms with van der Waals surface area (Å²) in [6.07, 6.45) is 15.7. The summed E-state index contributed by atoms with van der Waals surface area (Å²) < 4.78 is 20.8. The van der Waals surface area contributed by atoms with Gasteiger partial charge in [-0.2, -0.15) is 0 Å². The number of hydrogen-bond acceptors (Lipinski definition) is 4. The molecule has 1 heterocycles. The van der Waals surface area contributed by atoms with Crippen LogP contribution in [0.3, 0.4) is 0 Å². The van der Waals surface area contributed by atoms with Gasteiger partial charge in [0.1, 0.15) is 13.1 Å². The molecule has 0 bridgehead atoms. The summed E-state index contributed by atoms with van der Waals surface area (Å²) in [5, 5.41) is 0. The lowest BCUT2D eigenvalue weighted by atomic mass is 10.1. The van der Waals surface area contributed by atoms with Crippen LogP contribution in [0.15, 0.2) is 0 Å². The Hall–Kier alpha value is -0.433. The molecule has 5 nitrogen and oxygen atoms in total. The molecule has 1 unspecified atom stereocenters. The molecule has 0 spiro atoms. The first-order valence-corrected chi connectivity index (χ1v) is 13.3. The van der Waals surface area contributed by atoms with Gasteiger partial charge in [-0.15, -0.1) is 0 Å². The van der Waals surface area contributed by atoms with Gasteiger partial charge < -0.3 is 14.2 Å². The Bertz CT molecular complexity index is 442. The molecular weight excluding hydrogens is 392 g/mol. The van der Waals surface area contributed by atoms with Crippen LogP contribution < -0.4 is 0 Å². The quantitative estimate of drug-likeness (QED) is 0.116. The van der Waals surface area contributed by atoms with Gasteiger partial charge in [-0.05, 0) is 39.7 Å². The van der Waals surface area contributed by atoms with E-state index in [2.05, 4.69) is 33.0 Å². The third-order valence-corrected chi connectivity index (χ3v) is 6.16. The van der Waals surface area contributed by atoms with Crippen LogP contribution in [0.5, 0.6) is 0 Å². The first kappa shape index (κ1) is 27.6. The smallest absolute Gasteiger partial charge is 0.349 e. The first-order valence-electron chi connectivity index (χ1n) is 12.6. The maximum Gasteiger partial charge on any atom is 0.349 e. The number of nitrogens with zero attached hydrogens (tertiary/aromatic N) is 2. The third-order valence-electron chi connectivity index (χ3n) is 5.79. The summed E-state index contributed by atoms with van der Waals surface area (Å²) in [6, 6.07) is 0.663. The maximum absolute atomic E-state index is 6.20. The zero-order valence-electron chi connectivity index (χ0n) is 20.3. The standard InChI is InChI=1S/C24H48N2O3Si/c1-5-9-10-11-12-13-14-15-16-17-18-25-19-20-26(22-25)24(28-7-3,29-8-4)23(21-30)27-6-2/h22-23H,5-21H2,1-4H3/q+1. The second-order valence-corrected chi connectivity index (χ2v) is 8.58. The minimum absolute atomic E-state index is 0.187. The van der Waals surface area contributed by atoms with Crippen molar-refractivity contribution < 1.29 is 18.8 Å². The largest absolute Gasteiger partial charge is 0.368 e. The lowest BCUT2D eigenvalue weighted by molar-refractivity contribution is -0.514. The zero-order valence-corrected chi connectivity index (χ0v) is 21.3. The molecule has 0 aromatic rings. The van der Waals surface area contributed by atoms with E-state index in [1.54, 1.807) is 0 Å². The van der Waals surface area contributed by atoms with Crippen LogP contribution in [0.1, 0.15) is 91.9 Å². The molecule has 0 aromatic carbocycles. The van der Waals surface area contributed by atoms with E-state index in [0.717, 1.165) is 19.6 Å². The normalized spacial score (nSPS) is 15.6. The fourth-order valence-corrected chi connectivity index (χ4v) is 4.62. The minimum atomic E-state index is -0.867. The van der Waals surface area contributed by atoms with Crippen molar-refractivity contribution in [3.63, 3.8) is 0 Å². The SMILES string of the molecule is CCCCCCCCCCCC[N+]1=CN(C(OCC)(OCC)C(C[Si])OCC)CC1. The molecule has 0 amide bonds. The summed E-state index contributed by atoms with van der Waals surface area (Å²) in [5.74, 6) is -0.867. The molecule has 0 saturated carbocycles. The summed E-state index contributed by atoms with van der Waals surface area (Å²) in [7, 11) is 3.66. The van der Waals surface area contributed by atoms with Gasteiger partial charge in [0, 0.05) is 16.8 Å². The fraction of sp³-hybridized carbons (Fsp3) is 0.958. The first-order chi connectivity index (χ1) is 14.7. The van der Waals surface area contributed by atoms with Gasteiger partial charge in [-0.1, -0.05) is 58.3 Å². The summed E-state index contributed by atoms with van der Waals surface area (Å²) >= 11 is 0. The number of ether oxygens (including phenoxy) is 3.